The number of hydrogen-bond acceptors (Lipinski definition) is 1. The Morgan fingerprint density at radius 2 is 2.31 bits per heavy atom. The number of hydrogen-bond donors (Lipinski definition) is 1. The van der Waals surface area contributed by atoms with Crippen molar-refractivity contribution in [3.05, 3.63) is 46.5 Å². The van der Waals surface area contributed by atoms with E-state index in [0.29, 0.717) is 6.54 Å². The second kappa shape index (κ2) is 3.21. The molecule has 1 aromatic carbocycles. The molecule has 1 N–H and O–H groups in total. The zero-order valence-corrected chi connectivity index (χ0v) is 6.94. The van der Waals surface area contributed by atoms with Gasteiger partial charge in [0.25, 0.3) is 0 Å². The Kier molecular flexibility index (Phi) is 1.90. The zero-order chi connectivity index (χ0) is 9.10. The van der Waals surface area contributed by atoms with E-state index in [1.54, 1.807) is 0 Å². The van der Waals surface area contributed by atoms with Crippen molar-refractivity contribution in [2.45, 2.75) is 6.54 Å². The van der Waals surface area contributed by atoms with Gasteiger partial charge in [0.05, 0.1) is 6.54 Å². The van der Waals surface area contributed by atoms with Crippen LogP contribution in [0.15, 0.2) is 35.6 Å². The predicted octanol–water partition coefficient (Wildman–Crippen LogP) is 2.98. The average molecular weight is 172 g/mol. The maximum absolute atomic E-state index is 8.20. The third-order valence-electron chi connectivity index (χ3n) is 1.98. The summed E-state index contributed by atoms with van der Waals surface area (Å²) in [5, 5.41) is 4.68. The normalized spacial score (nSPS) is 9.85. The molecule has 0 unspecified atom stereocenters. The van der Waals surface area contributed by atoms with Crippen LogP contribution in [0.4, 0.5) is 0 Å². The number of aromatic nitrogens is 1. The highest BCUT2D eigenvalue weighted by molar-refractivity contribution is 5.82. The lowest BCUT2D eigenvalue weighted by molar-refractivity contribution is 1.06. The van der Waals surface area contributed by atoms with Crippen LogP contribution in [0.25, 0.3) is 21.3 Å². The molecule has 1 heterocycles. The molecule has 0 aliphatic rings. The summed E-state index contributed by atoms with van der Waals surface area (Å²) in [6.07, 6.45) is 1.88. The van der Waals surface area contributed by atoms with E-state index in [0.717, 1.165) is 16.5 Å². The monoisotopic (exact) mass is 172 g/mol. The van der Waals surface area contributed by atoms with Crippen LogP contribution in [0, 0.1) is 0 Å². The summed E-state index contributed by atoms with van der Waals surface area (Å²) in [5.41, 5.74) is 10.3. The summed E-state index contributed by atoms with van der Waals surface area (Å²) < 4.78 is 0. The lowest BCUT2D eigenvalue weighted by Crippen LogP contribution is -1.81. The summed E-state index contributed by atoms with van der Waals surface area (Å²) in [6.45, 7) is 0.397. The van der Waals surface area contributed by atoms with Crippen molar-refractivity contribution in [3.63, 3.8) is 0 Å². The molecule has 0 fully saturated rings. The summed E-state index contributed by atoms with van der Waals surface area (Å²) in [5.74, 6) is 0. The minimum absolute atomic E-state index is 0.397. The first-order chi connectivity index (χ1) is 6.42. The molecule has 4 heteroatoms. The van der Waals surface area contributed by atoms with E-state index in [4.69, 9.17) is 5.53 Å². The number of aromatic amines is 1. The van der Waals surface area contributed by atoms with E-state index in [1.807, 2.05) is 30.5 Å². The molecule has 2 rings (SSSR count). The van der Waals surface area contributed by atoms with Crippen molar-refractivity contribution in [1.29, 1.82) is 0 Å². The van der Waals surface area contributed by atoms with Crippen LogP contribution >= 0.6 is 0 Å². The quantitative estimate of drug-likeness (QED) is 0.411. The summed E-state index contributed by atoms with van der Waals surface area (Å²) >= 11 is 0. The largest absolute Gasteiger partial charge is 0.361 e. The second-order valence-electron chi connectivity index (χ2n) is 2.75. The van der Waals surface area contributed by atoms with Gasteiger partial charge >= 0.3 is 0 Å². The predicted molar refractivity (Wildman–Crippen MR) is 51.1 cm³/mol. The number of azide groups is 1. The van der Waals surface area contributed by atoms with Crippen LogP contribution in [-0.4, -0.2) is 4.98 Å². The highest BCUT2D eigenvalue weighted by atomic mass is 15.1. The molecule has 13 heavy (non-hydrogen) atoms. The van der Waals surface area contributed by atoms with Gasteiger partial charge in [-0.1, -0.05) is 23.3 Å². The van der Waals surface area contributed by atoms with E-state index >= 15 is 0 Å². The van der Waals surface area contributed by atoms with Crippen LogP contribution in [0.3, 0.4) is 0 Å². The molecular formula is C9H8N4. The van der Waals surface area contributed by atoms with Crippen molar-refractivity contribution in [1.82, 2.24) is 4.98 Å². The van der Waals surface area contributed by atoms with Gasteiger partial charge in [0.1, 0.15) is 0 Å². The molecule has 0 aliphatic heterocycles. The van der Waals surface area contributed by atoms with E-state index in [-0.39, 0.29) is 0 Å². The molecule has 0 atom stereocenters. The van der Waals surface area contributed by atoms with E-state index in [1.165, 1.54) is 0 Å². The van der Waals surface area contributed by atoms with Crippen molar-refractivity contribution < 1.29 is 0 Å². The molecule has 2 aromatic rings. The Morgan fingerprint density at radius 3 is 3.15 bits per heavy atom. The molecule has 0 spiro atoms. The van der Waals surface area contributed by atoms with Crippen molar-refractivity contribution in [2.75, 3.05) is 0 Å². The zero-order valence-electron chi connectivity index (χ0n) is 6.94. The fourth-order valence-electron chi connectivity index (χ4n) is 1.39. The number of H-pyrrole nitrogens is 1. The minimum atomic E-state index is 0.397. The molecular weight excluding hydrogens is 164 g/mol. The van der Waals surface area contributed by atoms with Gasteiger partial charge in [-0.05, 0) is 22.5 Å². The average Bonchev–Trinajstić information content (AvgIpc) is 2.62. The van der Waals surface area contributed by atoms with E-state index < -0.39 is 0 Å². The van der Waals surface area contributed by atoms with E-state index in [9.17, 15) is 0 Å². The summed E-state index contributed by atoms with van der Waals surface area (Å²) in [7, 11) is 0. The fourth-order valence-corrected chi connectivity index (χ4v) is 1.39. The van der Waals surface area contributed by atoms with Gasteiger partial charge in [-0.15, -0.1) is 0 Å². The molecule has 0 aliphatic carbocycles. The Balaban J connectivity index is 2.54. The second-order valence-corrected chi connectivity index (χ2v) is 2.75. The number of nitrogens with one attached hydrogen (secondary N) is 1. The molecule has 0 bridgehead atoms. The highest BCUT2D eigenvalue weighted by Crippen LogP contribution is 2.17. The summed E-state index contributed by atoms with van der Waals surface area (Å²) in [6, 6.07) is 7.92. The Morgan fingerprint density at radius 1 is 1.38 bits per heavy atom. The number of nitrogens with zero attached hydrogens (tertiary/aromatic N) is 3. The lowest BCUT2D eigenvalue weighted by Gasteiger charge is -1.97. The van der Waals surface area contributed by atoms with Gasteiger partial charge in [-0.25, -0.2) is 0 Å². The molecule has 1 aromatic heterocycles. The Labute approximate surface area is 74.8 Å². The first kappa shape index (κ1) is 7.71. The number of benzene rings is 1. The molecule has 0 saturated carbocycles. The van der Waals surface area contributed by atoms with Crippen LogP contribution in [-0.2, 0) is 6.54 Å². The van der Waals surface area contributed by atoms with Gasteiger partial charge in [0.2, 0.25) is 0 Å². The van der Waals surface area contributed by atoms with Gasteiger partial charge in [-0.3, -0.25) is 0 Å². The standard InChI is InChI=1S/C9H8N4/c10-13-12-6-8-3-1-2-7-4-5-11-9(7)8/h1-5,11H,6H2. The topological polar surface area (TPSA) is 64.6 Å². The van der Waals surface area contributed by atoms with Crippen molar-refractivity contribution in [3.8, 4) is 0 Å². The molecule has 0 amide bonds. The van der Waals surface area contributed by atoms with Crippen LogP contribution in [0.5, 0.6) is 0 Å². The van der Waals surface area contributed by atoms with Crippen molar-refractivity contribution in [2.24, 2.45) is 5.11 Å². The maximum Gasteiger partial charge on any atom is 0.0531 e. The highest BCUT2D eigenvalue weighted by Gasteiger charge is 1.98. The maximum atomic E-state index is 8.20. The lowest BCUT2D eigenvalue weighted by atomic mass is 10.1. The number of fused-ring (bicyclic) bond motifs is 1. The third kappa shape index (κ3) is 1.35. The SMILES string of the molecule is [N-]=[N+]=NCc1cccc2cc[nH]c12. The molecule has 0 saturated heterocycles. The number of rotatable bonds is 2. The third-order valence-corrected chi connectivity index (χ3v) is 1.98. The van der Waals surface area contributed by atoms with E-state index in [2.05, 4.69) is 15.0 Å². The van der Waals surface area contributed by atoms with Crippen LogP contribution in [0.1, 0.15) is 5.56 Å². The summed E-state index contributed by atoms with van der Waals surface area (Å²) in [4.78, 5) is 5.85. The van der Waals surface area contributed by atoms with Crippen LogP contribution in [0.2, 0.25) is 0 Å². The first-order valence-electron chi connectivity index (χ1n) is 3.97. The fraction of sp³-hybridized carbons (Fsp3) is 0.111. The van der Waals surface area contributed by atoms with Gasteiger partial charge in [0.15, 0.2) is 0 Å². The van der Waals surface area contributed by atoms with Crippen LogP contribution < -0.4 is 0 Å². The van der Waals surface area contributed by atoms with Gasteiger partial charge < -0.3 is 4.98 Å². The Bertz CT molecular complexity index is 465. The number of para-hydroxylation sites is 1. The molecule has 4 nitrogen and oxygen atoms in total. The van der Waals surface area contributed by atoms with Crippen molar-refractivity contribution >= 4 is 10.9 Å². The smallest absolute Gasteiger partial charge is 0.0531 e. The Hall–Kier alpha value is -1.93. The van der Waals surface area contributed by atoms with Gasteiger partial charge in [-0.2, -0.15) is 0 Å². The molecule has 0 radical (unpaired) electrons. The minimum Gasteiger partial charge on any atom is -0.361 e. The first-order valence-corrected chi connectivity index (χ1v) is 3.97. The molecule has 64 valence electrons. The van der Waals surface area contributed by atoms with Gasteiger partial charge in [0, 0.05) is 16.6 Å².